The van der Waals surface area contributed by atoms with Gasteiger partial charge in [-0.1, -0.05) is 13.3 Å². The summed E-state index contributed by atoms with van der Waals surface area (Å²) in [7, 11) is 1.80. The molecule has 0 aromatic carbocycles. The van der Waals surface area contributed by atoms with Crippen molar-refractivity contribution in [2.45, 2.75) is 44.7 Å². The summed E-state index contributed by atoms with van der Waals surface area (Å²) in [6.45, 7) is 6.89. The molecule has 2 saturated heterocycles. The number of piperidine rings is 1. The topological polar surface area (TPSA) is 24.5 Å². The second-order valence-electron chi connectivity index (χ2n) is 5.25. The molecule has 1 N–H and O–H groups in total. The molecule has 2 fully saturated rings. The molecule has 2 aliphatic heterocycles. The molecule has 3 heteroatoms. The Bertz CT molecular complexity index is 210. The van der Waals surface area contributed by atoms with Gasteiger partial charge in [-0.25, -0.2) is 0 Å². The van der Waals surface area contributed by atoms with E-state index in [1.165, 1.54) is 45.3 Å². The molecule has 94 valence electrons. The van der Waals surface area contributed by atoms with Crippen LogP contribution in [0.25, 0.3) is 0 Å². The van der Waals surface area contributed by atoms with Crippen LogP contribution in [-0.2, 0) is 4.74 Å². The number of hydrogen-bond acceptors (Lipinski definition) is 3. The molecule has 0 aromatic heterocycles. The summed E-state index contributed by atoms with van der Waals surface area (Å²) >= 11 is 0. The molecule has 3 nitrogen and oxygen atoms in total. The molecular weight excluding hydrogens is 200 g/mol. The van der Waals surface area contributed by atoms with E-state index >= 15 is 0 Å². The highest BCUT2D eigenvalue weighted by Gasteiger charge is 2.34. The van der Waals surface area contributed by atoms with Crippen molar-refractivity contribution in [3.63, 3.8) is 0 Å². The van der Waals surface area contributed by atoms with Gasteiger partial charge in [0.2, 0.25) is 0 Å². The minimum absolute atomic E-state index is 0.593. The van der Waals surface area contributed by atoms with Gasteiger partial charge in [0.15, 0.2) is 0 Å². The lowest BCUT2D eigenvalue weighted by molar-refractivity contribution is 0.108. The lowest BCUT2D eigenvalue weighted by atomic mass is 9.88. The van der Waals surface area contributed by atoms with Gasteiger partial charge in [0.05, 0.1) is 6.61 Å². The number of likely N-dealkylation sites (tertiary alicyclic amines) is 1. The summed E-state index contributed by atoms with van der Waals surface area (Å²) in [6, 6.07) is 1.42. The highest BCUT2D eigenvalue weighted by molar-refractivity contribution is 4.91. The van der Waals surface area contributed by atoms with E-state index in [2.05, 4.69) is 17.1 Å². The molecule has 16 heavy (non-hydrogen) atoms. The van der Waals surface area contributed by atoms with Gasteiger partial charge in [0.25, 0.3) is 0 Å². The number of hydrogen-bond donors (Lipinski definition) is 1. The fraction of sp³-hybridized carbons (Fsp3) is 1.00. The number of nitrogens with zero attached hydrogens (tertiary/aromatic N) is 1. The van der Waals surface area contributed by atoms with Crippen LogP contribution in [0.5, 0.6) is 0 Å². The molecule has 0 aromatic rings. The van der Waals surface area contributed by atoms with E-state index in [-0.39, 0.29) is 0 Å². The molecule has 0 spiro atoms. The van der Waals surface area contributed by atoms with Crippen LogP contribution in [0, 0.1) is 5.92 Å². The van der Waals surface area contributed by atoms with E-state index < -0.39 is 0 Å². The fourth-order valence-electron chi connectivity index (χ4n) is 3.41. The first kappa shape index (κ1) is 12.3. The van der Waals surface area contributed by atoms with Gasteiger partial charge in [-0.15, -0.1) is 0 Å². The van der Waals surface area contributed by atoms with Crippen molar-refractivity contribution in [1.29, 1.82) is 0 Å². The number of methoxy groups -OCH3 is 1. The smallest absolute Gasteiger partial charge is 0.0615 e. The minimum atomic E-state index is 0.593. The van der Waals surface area contributed by atoms with Crippen LogP contribution in [0.2, 0.25) is 0 Å². The molecule has 2 rings (SSSR count). The fourth-order valence-corrected chi connectivity index (χ4v) is 3.41. The maximum Gasteiger partial charge on any atom is 0.0615 e. The zero-order valence-corrected chi connectivity index (χ0v) is 10.7. The van der Waals surface area contributed by atoms with Crippen LogP contribution in [-0.4, -0.2) is 50.3 Å². The monoisotopic (exact) mass is 226 g/mol. The Balaban J connectivity index is 1.86. The average molecular weight is 226 g/mol. The van der Waals surface area contributed by atoms with Gasteiger partial charge in [-0.05, 0) is 44.8 Å². The Kier molecular flexibility index (Phi) is 4.62. The Labute approximate surface area is 99.5 Å². The standard InChI is InChI=1S/C13H26N2O/c1-3-15-7-5-4-6-13(15)11-8-12(10-16-2)14-9-11/h11-14H,3-10H2,1-2H3. The first-order valence-corrected chi connectivity index (χ1v) is 6.81. The van der Waals surface area contributed by atoms with E-state index in [4.69, 9.17) is 4.74 Å². The van der Waals surface area contributed by atoms with E-state index in [0.29, 0.717) is 6.04 Å². The van der Waals surface area contributed by atoms with Crippen molar-refractivity contribution in [3.05, 3.63) is 0 Å². The molecule has 0 aliphatic carbocycles. The Morgan fingerprint density at radius 1 is 1.38 bits per heavy atom. The highest BCUT2D eigenvalue weighted by Crippen LogP contribution is 2.28. The van der Waals surface area contributed by atoms with Gasteiger partial charge in [-0.2, -0.15) is 0 Å². The molecule has 2 heterocycles. The van der Waals surface area contributed by atoms with Crippen LogP contribution in [0.15, 0.2) is 0 Å². The normalized spacial score (nSPS) is 36.8. The third-order valence-electron chi connectivity index (χ3n) is 4.24. The summed E-state index contributed by atoms with van der Waals surface area (Å²) in [6.07, 6.45) is 5.52. The van der Waals surface area contributed by atoms with E-state index in [0.717, 1.165) is 18.6 Å². The van der Waals surface area contributed by atoms with Gasteiger partial charge in [-0.3, -0.25) is 0 Å². The molecule has 3 unspecified atom stereocenters. The predicted octanol–water partition coefficient (Wildman–Crippen LogP) is 1.49. The summed E-state index contributed by atoms with van der Waals surface area (Å²) < 4.78 is 5.24. The number of rotatable bonds is 4. The third-order valence-corrected chi connectivity index (χ3v) is 4.24. The van der Waals surface area contributed by atoms with Crippen molar-refractivity contribution in [3.8, 4) is 0 Å². The van der Waals surface area contributed by atoms with E-state index in [9.17, 15) is 0 Å². The summed E-state index contributed by atoms with van der Waals surface area (Å²) in [5.41, 5.74) is 0. The predicted molar refractivity (Wildman–Crippen MR) is 66.7 cm³/mol. The minimum Gasteiger partial charge on any atom is -0.383 e. The molecule has 0 bridgehead atoms. The third kappa shape index (κ3) is 2.76. The van der Waals surface area contributed by atoms with Gasteiger partial charge in [0.1, 0.15) is 0 Å². The molecule has 0 saturated carbocycles. The SMILES string of the molecule is CCN1CCCCC1C1CNC(COC)C1. The zero-order valence-electron chi connectivity index (χ0n) is 10.7. The zero-order chi connectivity index (χ0) is 11.4. The van der Waals surface area contributed by atoms with Crippen LogP contribution < -0.4 is 5.32 Å². The lowest BCUT2D eigenvalue weighted by Crippen LogP contribution is -2.44. The lowest BCUT2D eigenvalue weighted by Gasteiger charge is -2.38. The van der Waals surface area contributed by atoms with E-state index in [1.807, 2.05) is 0 Å². The second kappa shape index (κ2) is 5.99. The Morgan fingerprint density at radius 3 is 3.00 bits per heavy atom. The van der Waals surface area contributed by atoms with Crippen molar-refractivity contribution in [1.82, 2.24) is 10.2 Å². The Morgan fingerprint density at radius 2 is 2.25 bits per heavy atom. The maximum absolute atomic E-state index is 5.24. The number of ether oxygens (including phenoxy) is 1. The number of nitrogens with one attached hydrogen (secondary N) is 1. The summed E-state index contributed by atoms with van der Waals surface area (Å²) in [5, 5.41) is 3.60. The quantitative estimate of drug-likeness (QED) is 0.786. The van der Waals surface area contributed by atoms with Crippen molar-refractivity contribution < 1.29 is 4.74 Å². The van der Waals surface area contributed by atoms with Gasteiger partial charge in [0, 0.05) is 19.2 Å². The molecular formula is C13H26N2O. The first-order chi connectivity index (χ1) is 7.85. The first-order valence-electron chi connectivity index (χ1n) is 6.81. The summed E-state index contributed by atoms with van der Waals surface area (Å²) in [4.78, 5) is 2.69. The molecule has 2 aliphatic rings. The molecule has 3 atom stereocenters. The van der Waals surface area contributed by atoms with Gasteiger partial charge >= 0.3 is 0 Å². The van der Waals surface area contributed by atoms with Crippen LogP contribution in [0.3, 0.4) is 0 Å². The maximum atomic E-state index is 5.24. The average Bonchev–Trinajstić information content (AvgIpc) is 2.78. The second-order valence-corrected chi connectivity index (χ2v) is 5.25. The largest absolute Gasteiger partial charge is 0.383 e. The highest BCUT2D eigenvalue weighted by atomic mass is 16.5. The summed E-state index contributed by atoms with van der Waals surface area (Å²) in [5.74, 6) is 0.848. The van der Waals surface area contributed by atoms with Crippen molar-refractivity contribution >= 4 is 0 Å². The van der Waals surface area contributed by atoms with Crippen molar-refractivity contribution in [2.24, 2.45) is 5.92 Å². The van der Waals surface area contributed by atoms with Crippen LogP contribution >= 0.6 is 0 Å². The van der Waals surface area contributed by atoms with Crippen LogP contribution in [0.4, 0.5) is 0 Å². The van der Waals surface area contributed by atoms with E-state index in [1.54, 1.807) is 7.11 Å². The molecule has 0 amide bonds. The molecule has 0 radical (unpaired) electrons. The van der Waals surface area contributed by atoms with Gasteiger partial charge < -0.3 is 15.0 Å². The Hall–Kier alpha value is -0.120. The van der Waals surface area contributed by atoms with Crippen LogP contribution in [0.1, 0.15) is 32.6 Å². The van der Waals surface area contributed by atoms with Crippen molar-refractivity contribution in [2.75, 3.05) is 33.4 Å².